The van der Waals surface area contributed by atoms with Gasteiger partial charge in [0.1, 0.15) is 5.69 Å². The summed E-state index contributed by atoms with van der Waals surface area (Å²) in [5, 5.41) is 8.58. The second kappa shape index (κ2) is 4.83. The average Bonchev–Trinajstić information content (AvgIpc) is 2.91. The van der Waals surface area contributed by atoms with Gasteiger partial charge in [-0.05, 0) is 24.3 Å². The smallest absolute Gasteiger partial charge is 0.267 e. The molecule has 108 valence electrons. The predicted octanol–water partition coefficient (Wildman–Crippen LogP) is 3.54. The second-order valence-corrected chi connectivity index (χ2v) is 5.62. The van der Waals surface area contributed by atoms with Gasteiger partial charge in [0.25, 0.3) is 5.56 Å². The fourth-order valence-electron chi connectivity index (χ4n) is 2.44. The molecule has 0 aliphatic carbocycles. The molecule has 7 heteroatoms. The van der Waals surface area contributed by atoms with Gasteiger partial charge in [-0.25, -0.2) is 9.73 Å². The SMILES string of the molecule is O=c1nc2c(-c3ccccc3Cl)n[nH]n2c2ccc(Cl)cc12. The molecule has 22 heavy (non-hydrogen) atoms. The van der Waals surface area contributed by atoms with Crippen LogP contribution in [0, 0.1) is 0 Å². The Hall–Kier alpha value is -2.37. The molecule has 0 radical (unpaired) electrons. The molecule has 2 aromatic carbocycles. The highest BCUT2D eigenvalue weighted by atomic mass is 35.5. The zero-order valence-electron chi connectivity index (χ0n) is 11.0. The summed E-state index contributed by atoms with van der Waals surface area (Å²) in [5.41, 5.74) is 1.97. The van der Waals surface area contributed by atoms with Gasteiger partial charge >= 0.3 is 0 Å². The summed E-state index contributed by atoms with van der Waals surface area (Å²) in [7, 11) is 0. The maximum atomic E-state index is 12.3. The molecule has 4 rings (SSSR count). The van der Waals surface area contributed by atoms with Gasteiger partial charge in [-0.3, -0.25) is 4.79 Å². The van der Waals surface area contributed by atoms with E-state index in [0.29, 0.717) is 37.9 Å². The van der Waals surface area contributed by atoms with Crippen LogP contribution >= 0.6 is 23.2 Å². The predicted molar refractivity (Wildman–Crippen MR) is 86.6 cm³/mol. The third kappa shape index (κ3) is 1.90. The molecule has 5 nitrogen and oxygen atoms in total. The molecule has 0 saturated carbocycles. The third-order valence-electron chi connectivity index (χ3n) is 3.45. The van der Waals surface area contributed by atoms with Crippen molar-refractivity contribution < 1.29 is 0 Å². The number of aromatic nitrogens is 4. The molecule has 0 saturated heterocycles. The first kappa shape index (κ1) is 13.3. The fraction of sp³-hybridized carbons (Fsp3) is 0. The Bertz CT molecular complexity index is 1080. The Labute approximate surface area is 134 Å². The lowest BCUT2D eigenvalue weighted by atomic mass is 10.1. The van der Waals surface area contributed by atoms with Gasteiger partial charge < -0.3 is 0 Å². The number of hydrogen-bond acceptors (Lipinski definition) is 3. The van der Waals surface area contributed by atoms with Crippen LogP contribution in [0.5, 0.6) is 0 Å². The van der Waals surface area contributed by atoms with Crippen LogP contribution in [0.15, 0.2) is 47.3 Å². The highest BCUT2D eigenvalue weighted by molar-refractivity contribution is 6.33. The van der Waals surface area contributed by atoms with Crippen LogP contribution in [0.25, 0.3) is 27.8 Å². The van der Waals surface area contributed by atoms with Crippen molar-refractivity contribution >= 4 is 39.8 Å². The molecule has 0 bridgehead atoms. The number of nitrogens with one attached hydrogen (secondary N) is 1. The zero-order chi connectivity index (χ0) is 15.3. The Morgan fingerprint density at radius 3 is 2.73 bits per heavy atom. The minimum absolute atomic E-state index is 0.354. The van der Waals surface area contributed by atoms with Crippen molar-refractivity contribution in [3.63, 3.8) is 0 Å². The number of rotatable bonds is 1. The molecule has 0 fully saturated rings. The van der Waals surface area contributed by atoms with E-state index in [4.69, 9.17) is 23.2 Å². The summed E-state index contributed by atoms with van der Waals surface area (Å²) in [6, 6.07) is 12.3. The lowest BCUT2D eigenvalue weighted by molar-refractivity contribution is 0.874. The maximum Gasteiger partial charge on any atom is 0.281 e. The van der Waals surface area contributed by atoms with E-state index in [0.717, 1.165) is 0 Å². The van der Waals surface area contributed by atoms with E-state index in [2.05, 4.69) is 15.3 Å². The number of hydrogen-bond donors (Lipinski definition) is 1. The molecule has 0 aliphatic rings. The van der Waals surface area contributed by atoms with E-state index in [1.54, 1.807) is 28.8 Å². The highest BCUT2D eigenvalue weighted by Gasteiger charge is 2.15. The maximum absolute atomic E-state index is 12.3. The van der Waals surface area contributed by atoms with Gasteiger partial charge in [0.15, 0.2) is 5.65 Å². The molecule has 0 unspecified atom stereocenters. The lowest BCUT2D eigenvalue weighted by Gasteiger charge is -2.02. The van der Waals surface area contributed by atoms with Gasteiger partial charge in [0.2, 0.25) is 0 Å². The monoisotopic (exact) mass is 330 g/mol. The van der Waals surface area contributed by atoms with Crippen LogP contribution in [-0.4, -0.2) is 19.8 Å². The summed E-state index contributed by atoms with van der Waals surface area (Å²) in [5.74, 6) is 0. The third-order valence-corrected chi connectivity index (χ3v) is 4.02. The largest absolute Gasteiger partial charge is 0.281 e. The first-order valence-electron chi connectivity index (χ1n) is 6.46. The minimum Gasteiger partial charge on any atom is -0.267 e. The second-order valence-electron chi connectivity index (χ2n) is 4.78. The van der Waals surface area contributed by atoms with Gasteiger partial charge in [-0.2, -0.15) is 10.1 Å². The van der Waals surface area contributed by atoms with Crippen LogP contribution in [0.2, 0.25) is 10.0 Å². The van der Waals surface area contributed by atoms with Crippen molar-refractivity contribution in [2.45, 2.75) is 0 Å². The molecule has 2 aromatic heterocycles. The molecule has 0 aliphatic heterocycles. The zero-order valence-corrected chi connectivity index (χ0v) is 12.6. The number of H-pyrrole nitrogens is 1. The molecule has 0 spiro atoms. The van der Waals surface area contributed by atoms with Gasteiger partial charge in [0.05, 0.1) is 15.9 Å². The molecular weight excluding hydrogens is 323 g/mol. The molecule has 0 atom stereocenters. The average molecular weight is 331 g/mol. The Balaban J connectivity index is 2.13. The Kier molecular flexibility index (Phi) is 2.92. The van der Waals surface area contributed by atoms with E-state index in [1.807, 2.05) is 18.2 Å². The van der Waals surface area contributed by atoms with Crippen LogP contribution in [0.4, 0.5) is 0 Å². The number of aromatic amines is 1. The topological polar surface area (TPSA) is 63.0 Å². The Morgan fingerprint density at radius 1 is 1.09 bits per heavy atom. The van der Waals surface area contributed by atoms with Crippen molar-refractivity contribution in [2.75, 3.05) is 0 Å². The summed E-state index contributed by atoms with van der Waals surface area (Å²) in [6.45, 7) is 0. The van der Waals surface area contributed by atoms with Crippen LogP contribution in [0.3, 0.4) is 0 Å². The molecule has 2 heterocycles. The molecule has 4 aromatic rings. The van der Waals surface area contributed by atoms with E-state index in [-0.39, 0.29) is 5.56 Å². The quantitative estimate of drug-likeness (QED) is 0.580. The number of nitrogens with zero attached hydrogens (tertiary/aromatic N) is 3. The van der Waals surface area contributed by atoms with E-state index in [1.165, 1.54) is 0 Å². The van der Waals surface area contributed by atoms with Crippen LogP contribution in [-0.2, 0) is 0 Å². The summed E-state index contributed by atoms with van der Waals surface area (Å²) in [4.78, 5) is 16.4. The van der Waals surface area contributed by atoms with Crippen LogP contribution < -0.4 is 5.56 Å². The lowest BCUT2D eigenvalue weighted by Crippen LogP contribution is -2.10. The van der Waals surface area contributed by atoms with Gasteiger partial charge in [-0.1, -0.05) is 41.4 Å². The normalized spacial score (nSPS) is 11.4. The number of halogens is 2. The van der Waals surface area contributed by atoms with E-state index >= 15 is 0 Å². The summed E-state index contributed by atoms with van der Waals surface area (Å²) >= 11 is 12.2. The van der Waals surface area contributed by atoms with E-state index in [9.17, 15) is 4.79 Å². The fourth-order valence-corrected chi connectivity index (χ4v) is 2.84. The molecule has 0 amide bonds. The standard InChI is InChI=1S/C15H8Cl2N4O/c16-8-5-6-12-10(7-8)15(22)18-14-13(19-20-21(12)14)9-3-1-2-4-11(9)17/h1-7,20H. The van der Waals surface area contributed by atoms with Crippen molar-refractivity contribution in [3.05, 3.63) is 62.9 Å². The number of fused-ring (bicyclic) bond motifs is 3. The first-order chi connectivity index (χ1) is 10.6. The first-order valence-corrected chi connectivity index (χ1v) is 7.22. The number of benzene rings is 2. The van der Waals surface area contributed by atoms with Crippen LogP contribution in [0.1, 0.15) is 0 Å². The van der Waals surface area contributed by atoms with Crippen molar-refractivity contribution in [2.24, 2.45) is 0 Å². The molecule has 1 N–H and O–H groups in total. The van der Waals surface area contributed by atoms with Gasteiger partial charge in [-0.15, -0.1) is 0 Å². The highest BCUT2D eigenvalue weighted by Crippen LogP contribution is 2.29. The van der Waals surface area contributed by atoms with Crippen molar-refractivity contribution in [1.82, 2.24) is 19.8 Å². The minimum atomic E-state index is -0.354. The van der Waals surface area contributed by atoms with Gasteiger partial charge in [0, 0.05) is 10.6 Å². The summed E-state index contributed by atoms with van der Waals surface area (Å²) in [6.07, 6.45) is 0. The summed E-state index contributed by atoms with van der Waals surface area (Å²) < 4.78 is 1.64. The van der Waals surface area contributed by atoms with E-state index < -0.39 is 0 Å². The molecular formula is C15H8Cl2N4O. The Morgan fingerprint density at radius 2 is 1.91 bits per heavy atom. The van der Waals surface area contributed by atoms with Crippen molar-refractivity contribution in [1.29, 1.82) is 0 Å². The van der Waals surface area contributed by atoms with Crippen molar-refractivity contribution in [3.8, 4) is 11.3 Å².